The summed E-state index contributed by atoms with van der Waals surface area (Å²) in [6.45, 7) is 8.44. The topological polar surface area (TPSA) is 66.8 Å². The van der Waals surface area contributed by atoms with Crippen LogP contribution in [0, 0.1) is 34.0 Å². The lowest BCUT2D eigenvalue weighted by Crippen LogP contribution is -2.69. The van der Waals surface area contributed by atoms with Gasteiger partial charge in [-0.2, -0.15) is 0 Å². The molecule has 0 radical (unpaired) electrons. The third kappa shape index (κ3) is 1.40. The molecule has 9 atom stereocenters. The first-order valence-electron chi connectivity index (χ1n) is 9.50. The van der Waals surface area contributed by atoms with E-state index in [2.05, 4.69) is 13.5 Å². The number of aliphatic hydroxyl groups is 2. The normalized spacial score (nSPS) is 61.3. The van der Waals surface area contributed by atoms with Gasteiger partial charge in [0.2, 0.25) is 0 Å². The molecule has 0 aromatic heterocycles. The molecule has 4 heteroatoms. The average Bonchev–Trinajstić information content (AvgIpc) is 2.95. The summed E-state index contributed by atoms with van der Waals surface area (Å²) in [5, 5.41) is 22.4. The van der Waals surface area contributed by atoms with Crippen molar-refractivity contribution in [2.75, 3.05) is 0 Å². The lowest BCUT2D eigenvalue weighted by molar-refractivity contribution is -0.248. The van der Waals surface area contributed by atoms with Crippen LogP contribution in [0.2, 0.25) is 0 Å². The molecule has 4 nitrogen and oxygen atoms in total. The maximum atomic E-state index is 12.7. The van der Waals surface area contributed by atoms with Crippen molar-refractivity contribution in [3.8, 4) is 0 Å². The Labute approximate surface area is 143 Å². The van der Waals surface area contributed by atoms with E-state index in [-0.39, 0.29) is 28.6 Å². The molecule has 1 aliphatic heterocycles. The monoisotopic (exact) mass is 332 g/mol. The number of allylic oxidation sites excluding steroid dienone is 1. The van der Waals surface area contributed by atoms with Crippen molar-refractivity contribution >= 4 is 5.97 Å². The van der Waals surface area contributed by atoms with Crippen LogP contribution in [0.1, 0.15) is 52.4 Å². The summed E-state index contributed by atoms with van der Waals surface area (Å²) in [4.78, 5) is 12.7. The third-order valence-electron chi connectivity index (χ3n) is 8.96. The summed E-state index contributed by atoms with van der Waals surface area (Å²) >= 11 is 0. The Hall–Kier alpha value is -0.870. The van der Waals surface area contributed by atoms with Gasteiger partial charge in [0, 0.05) is 16.7 Å². The smallest absolute Gasteiger partial charge is 0.312 e. The van der Waals surface area contributed by atoms with Crippen LogP contribution in [0.25, 0.3) is 0 Å². The second kappa shape index (κ2) is 4.27. The SMILES string of the molecule is C=C1CC23CC1CCC2C1(C)C(O)CCC2(C)C(=O)OC(C3O)C21. The highest BCUT2D eigenvalue weighted by Crippen LogP contribution is 2.74. The fourth-order valence-corrected chi connectivity index (χ4v) is 7.92. The van der Waals surface area contributed by atoms with Crippen molar-refractivity contribution < 1.29 is 19.7 Å². The molecule has 5 rings (SSSR count). The predicted molar refractivity (Wildman–Crippen MR) is 87.9 cm³/mol. The van der Waals surface area contributed by atoms with Crippen LogP contribution in [-0.4, -0.2) is 34.5 Å². The van der Waals surface area contributed by atoms with E-state index in [1.165, 1.54) is 5.57 Å². The first kappa shape index (κ1) is 15.4. The lowest BCUT2D eigenvalue weighted by Gasteiger charge is -2.65. The first-order valence-corrected chi connectivity index (χ1v) is 9.50. The average molecular weight is 332 g/mol. The molecule has 0 aromatic rings. The molecule has 2 N–H and O–H groups in total. The number of hydrogen-bond donors (Lipinski definition) is 2. The molecule has 132 valence electrons. The molecule has 4 saturated carbocycles. The molecule has 4 aliphatic carbocycles. The number of rotatable bonds is 0. The summed E-state index contributed by atoms with van der Waals surface area (Å²) in [6, 6.07) is 0. The van der Waals surface area contributed by atoms with Crippen LogP contribution in [0.4, 0.5) is 0 Å². The van der Waals surface area contributed by atoms with Gasteiger partial charge < -0.3 is 14.9 Å². The number of ether oxygens (including phenoxy) is 1. The number of carbonyl (C=O) groups excluding carboxylic acids is 1. The minimum absolute atomic E-state index is 0.0858. The van der Waals surface area contributed by atoms with Crippen molar-refractivity contribution in [3.05, 3.63) is 12.2 Å². The van der Waals surface area contributed by atoms with E-state index in [1.807, 2.05) is 6.92 Å². The van der Waals surface area contributed by atoms with Gasteiger partial charge in [-0.15, -0.1) is 0 Å². The Bertz CT molecular complexity index is 644. The van der Waals surface area contributed by atoms with E-state index < -0.39 is 23.7 Å². The van der Waals surface area contributed by atoms with Gasteiger partial charge in [0.1, 0.15) is 6.10 Å². The third-order valence-corrected chi connectivity index (χ3v) is 8.96. The largest absolute Gasteiger partial charge is 0.459 e. The van der Waals surface area contributed by atoms with Gasteiger partial charge >= 0.3 is 5.97 Å². The molecule has 24 heavy (non-hydrogen) atoms. The van der Waals surface area contributed by atoms with E-state index in [0.29, 0.717) is 18.8 Å². The summed E-state index contributed by atoms with van der Waals surface area (Å²) in [6.07, 6.45) is 3.67. The predicted octanol–water partition coefficient (Wildman–Crippen LogP) is 2.43. The van der Waals surface area contributed by atoms with Crippen molar-refractivity contribution in [1.29, 1.82) is 0 Å². The van der Waals surface area contributed by atoms with E-state index in [0.717, 1.165) is 25.7 Å². The van der Waals surface area contributed by atoms with Crippen molar-refractivity contribution in [2.24, 2.45) is 34.0 Å². The Morgan fingerprint density at radius 3 is 2.71 bits per heavy atom. The quantitative estimate of drug-likeness (QED) is 0.528. The molecule has 1 heterocycles. The Morgan fingerprint density at radius 2 is 1.96 bits per heavy atom. The lowest BCUT2D eigenvalue weighted by atomic mass is 9.39. The van der Waals surface area contributed by atoms with E-state index in [9.17, 15) is 15.0 Å². The zero-order chi connectivity index (χ0) is 17.1. The van der Waals surface area contributed by atoms with E-state index in [4.69, 9.17) is 4.74 Å². The number of aliphatic hydroxyl groups excluding tert-OH is 2. The molecule has 2 bridgehead atoms. The van der Waals surface area contributed by atoms with Crippen LogP contribution in [0.5, 0.6) is 0 Å². The Morgan fingerprint density at radius 1 is 1.21 bits per heavy atom. The highest BCUT2D eigenvalue weighted by Gasteiger charge is 2.76. The second-order valence-corrected chi connectivity index (χ2v) is 9.73. The first-order chi connectivity index (χ1) is 11.2. The van der Waals surface area contributed by atoms with Crippen LogP contribution >= 0.6 is 0 Å². The van der Waals surface area contributed by atoms with Crippen molar-refractivity contribution in [3.63, 3.8) is 0 Å². The Kier molecular flexibility index (Phi) is 2.74. The number of hydrogen-bond acceptors (Lipinski definition) is 4. The molecular weight excluding hydrogens is 304 g/mol. The van der Waals surface area contributed by atoms with Crippen LogP contribution < -0.4 is 0 Å². The van der Waals surface area contributed by atoms with Gasteiger partial charge in [0.05, 0.1) is 17.6 Å². The summed E-state index contributed by atoms with van der Waals surface area (Å²) in [5.41, 5.74) is 0.0579. The second-order valence-electron chi connectivity index (χ2n) is 9.73. The van der Waals surface area contributed by atoms with Gasteiger partial charge in [0.15, 0.2) is 0 Å². The highest BCUT2D eigenvalue weighted by atomic mass is 16.6. The molecule has 5 aliphatic rings. The van der Waals surface area contributed by atoms with Gasteiger partial charge in [-0.1, -0.05) is 19.1 Å². The highest BCUT2D eigenvalue weighted by molar-refractivity contribution is 5.80. The standard InChI is InChI=1S/C20H28O4/c1-10-8-20-9-11(10)4-5-12(20)19(3)13(21)6-7-18(2)15(19)14(16(20)22)24-17(18)23/h11-16,21-22H,1,4-9H2,2-3H3. The van der Waals surface area contributed by atoms with E-state index >= 15 is 0 Å². The molecule has 0 aromatic carbocycles. The van der Waals surface area contributed by atoms with Crippen LogP contribution in [0.15, 0.2) is 12.2 Å². The minimum Gasteiger partial charge on any atom is -0.459 e. The maximum absolute atomic E-state index is 12.7. The molecule has 5 fully saturated rings. The summed E-state index contributed by atoms with van der Waals surface area (Å²) < 4.78 is 5.81. The Balaban J connectivity index is 1.72. The van der Waals surface area contributed by atoms with Crippen LogP contribution in [0.3, 0.4) is 0 Å². The van der Waals surface area contributed by atoms with Gasteiger partial charge in [-0.05, 0) is 57.3 Å². The minimum atomic E-state index is -0.626. The zero-order valence-electron chi connectivity index (χ0n) is 14.6. The van der Waals surface area contributed by atoms with Gasteiger partial charge in [-0.25, -0.2) is 0 Å². The van der Waals surface area contributed by atoms with Crippen molar-refractivity contribution in [2.45, 2.75) is 70.7 Å². The maximum Gasteiger partial charge on any atom is 0.312 e. The van der Waals surface area contributed by atoms with E-state index in [1.54, 1.807) is 0 Å². The van der Waals surface area contributed by atoms with Gasteiger partial charge in [0.25, 0.3) is 0 Å². The molecule has 1 spiro atoms. The fraction of sp³-hybridized carbons (Fsp3) is 0.850. The summed E-state index contributed by atoms with van der Waals surface area (Å²) in [5.74, 6) is 0.469. The molecule has 1 saturated heterocycles. The van der Waals surface area contributed by atoms with Crippen molar-refractivity contribution in [1.82, 2.24) is 0 Å². The van der Waals surface area contributed by atoms with Crippen LogP contribution in [-0.2, 0) is 9.53 Å². The summed E-state index contributed by atoms with van der Waals surface area (Å²) in [7, 11) is 0. The zero-order valence-corrected chi connectivity index (χ0v) is 14.6. The van der Waals surface area contributed by atoms with Gasteiger partial charge in [-0.3, -0.25) is 4.79 Å². The molecular formula is C20H28O4. The molecule has 0 amide bonds. The number of fused-ring (bicyclic) bond motifs is 2. The molecule has 9 unspecified atom stereocenters. The number of esters is 1. The number of carbonyl (C=O) groups is 1. The fourth-order valence-electron chi connectivity index (χ4n) is 7.92.